The molecule has 3 rings (SSSR count). The van der Waals surface area contributed by atoms with Crippen LogP contribution in [0.1, 0.15) is 5.56 Å². The van der Waals surface area contributed by atoms with E-state index in [9.17, 15) is 0 Å². The highest BCUT2D eigenvalue weighted by Crippen LogP contribution is 2.26. The van der Waals surface area contributed by atoms with Crippen molar-refractivity contribution in [1.82, 2.24) is 14.6 Å². The second-order valence-electron chi connectivity index (χ2n) is 2.88. The first-order valence-electron chi connectivity index (χ1n) is 4.00. The van der Waals surface area contributed by atoms with Crippen molar-refractivity contribution in [3.8, 4) is 6.07 Å². The number of fused-ring (bicyclic) bond motifs is 3. The van der Waals surface area contributed by atoms with E-state index < -0.39 is 0 Å². The van der Waals surface area contributed by atoms with Crippen LogP contribution in [0.2, 0.25) is 0 Å². The minimum atomic E-state index is 0.661. The summed E-state index contributed by atoms with van der Waals surface area (Å²) in [5.41, 5.74) is 1.47. The molecule has 0 saturated carbocycles. The third-order valence-electron chi connectivity index (χ3n) is 2.12. The summed E-state index contributed by atoms with van der Waals surface area (Å²) in [4.78, 5) is 0. The van der Waals surface area contributed by atoms with Gasteiger partial charge in [-0.1, -0.05) is 0 Å². The quantitative estimate of drug-likeness (QED) is 0.556. The molecule has 0 unspecified atom stereocenters. The van der Waals surface area contributed by atoms with Gasteiger partial charge in [-0.25, -0.2) is 0 Å². The third-order valence-corrected chi connectivity index (χ3v) is 3.03. The Morgan fingerprint density at radius 1 is 1.50 bits per heavy atom. The SMILES string of the molecule is N#Cc1cn2cnnc2c2sccc12. The minimum Gasteiger partial charge on any atom is -0.286 e. The maximum absolute atomic E-state index is 8.95. The van der Waals surface area contributed by atoms with Crippen molar-refractivity contribution < 1.29 is 0 Å². The molecule has 3 aromatic rings. The van der Waals surface area contributed by atoms with E-state index in [2.05, 4.69) is 16.3 Å². The number of hydrogen-bond donors (Lipinski definition) is 0. The van der Waals surface area contributed by atoms with Gasteiger partial charge in [-0.15, -0.1) is 21.5 Å². The van der Waals surface area contributed by atoms with E-state index >= 15 is 0 Å². The summed E-state index contributed by atoms with van der Waals surface area (Å²) >= 11 is 1.58. The number of aromatic nitrogens is 3. The van der Waals surface area contributed by atoms with E-state index in [0.717, 1.165) is 15.7 Å². The van der Waals surface area contributed by atoms with E-state index in [0.29, 0.717) is 5.56 Å². The molecule has 3 aromatic heterocycles. The van der Waals surface area contributed by atoms with Crippen LogP contribution in [0.4, 0.5) is 0 Å². The van der Waals surface area contributed by atoms with Gasteiger partial charge >= 0.3 is 0 Å². The fourth-order valence-electron chi connectivity index (χ4n) is 1.49. The molecule has 0 aromatic carbocycles. The van der Waals surface area contributed by atoms with Crippen molar-refractivity contribution in [1.29, 1.82) is 5.26 Å². The van der Waals surface area contributed by atoms with Crippen molar-refractivity contribution in [2.24, 2.45) is 0 Å². The Morgan fingerprint density at radius 2 is 2.43 bits per heavy atom. The van der Waals surface area contributed by atoms with E-state index in [1.807, 2.05) is 11.4 Å². The van der Waals surface area contributed by atoms with E-state index in [1.165, 1.54) is 0 Å². The average Bonchev–Trinajstić information content (AvgIpc) is 2.83. The van der Waals surface area contributed by atoms with Gasteiger partial charge in [0.15, 0.2) is 5.65 Å². The summed E-state index contributed by atoms with van der Waals surface area (Å²) in [6, 6.07) is 4.11. The molecule has 0 aliphatic rings. The molecule has 0 aliphatic heterocycles. The molecule has 0 radical (unpaired) electrons. The highest BCUT2D eigenvalue weighted by molar-refractivity contribution is 7.18. The second kappa shape index (κ2) is 2.53. The highest BCUT2D eigenvalue weighted by Gasteiger charge is 2.08. The Labute approximate surface area is 83.0 Å². The number of hydrogen-bond acceptors (Lipinski definition) is 4. The van der Waals surface area contributed by atoms with Gasteiger partial charge in [0.1, 0.15) is 12.4 Å². The Bertz CT molecular complexity index is 658. The zero-order valence-electron chi connectivity index (χ0n) is 7.01. The molecule has 5 heteroatoms. The molecule has 66 valence electrons. The molecule has 0 spiro atoms. The molecular weight excluding hydrogens is 196 g/mol. The van der Waals surface area contributed by atoms with Crippen LogP contribution in [-0.2, 0) is 0 Å². The van der Waals surface area contributed by atoms with E-state index in [1.54, 1.807) is 28.3 Å². The molecule has 0 N–H and O–H groups in total. The van der Waals surface area contributed by atoms with Crippen LogP contribution in [0.15, 0.2) is 24.0 Å². The normalized spacial score (nSPS) is 10.8. The van der Waals surface area contributed by atoms with Gasteiger partial charge in [0.05, 0.1) is 10.3 Å². The standard InChI is InChI=1S/C9H4N4S/c10-3-6-4-13-5-11-12-9(13)8-7(6)1-2-14-8/h1-2,4-5H. The summed E-state index contributed by atoms with van der Waals surface area (Å²) in [5.74, 6) is 0. The van der Waals surface area contributed by atoms with E-state index in [4.69, 9.17) is 5.26 Å². The summed E-state index contributed by atoms with van der Waals surface area (Å²) in [7, 11) is 0. The van der Waals surface area contributed by atoms with Crippen LogP contribution in [0.25, 0.3) is 15.7 Å². The van der Waals surface area contributed by atoms with Crippen LogP contribution in [0.3, 0.4) is 0 Å². The average molecular weight is 200 g/mol. The molecule has 14 heavy (non-hydrogen) atoms. The number of pyridine rings is 1. The number of thiophene rings is 1. The minimum absolute atomic E-state index is 0.661. The fraction of sp³-hybridized carbons (Fsp3) is 0. The van der Waals surface area contributed by atoms with Crippen LogP contribution < -0.4 is 0 Å². The summed E-state index contributed by atoms with van der Waals surface area (Å²) in [5, 5.41) is 19.7. The Kier molecular flexibility index (Phi) is 1.35. The van der Waals surface area contributed by atoms with Crippen LogP contribution in [-0.4, -0.2) is 14.6 Å². The number of nitriles is 1. The molecule has 0 fully saturated rings. The molecule has 4 nitrogen and oxygen atoms in total. The molecule has 3 heterocycles. The van der Waals surface area contributed by atoms with Crippen molar-refractivity contribution in [3.05, 3.63) is 29.5 Å². The molecular formula is C9H4N4S. The van der Waals surface area contributed by atoms with Gasteiger partial charge in [-0.2, -0.15) is 5.26 Å². The highest BCUT2D eigenvalue weighted by atomic mass is 32.1. The predicted octanol–water partition coefficient (Wildman–Crippen LogP) is 1.82. The zero-order valence-corrected chi connectivity index (χ0v) is 7.82. The smallest absolute Gasteiger partial charge is 0.178 e. The fourth-order valence-corrected chi connectivity index (χ4v) is 2.39. The largest absolute Gasteiger partial charge is 0.286 e. The van der Waals surface area contributed by atoms with Crippen LogP contribution in [0.5, 0.6) is 0 Å². The van der Waals surface area contributed by atoms with Crippen molar-refractivity contribution in [2.75, 3.05) is 0 Å². The zero-order chi connectivity index (χ0) is 9.54. The van der Waals surface area contributed by atoms with E-state index in [-0.39, 0.29) is 0 Å². The van der Waals surface area contributed by atoms with Crippen LogP contribution in [0, 0.1) is 11.3 Å². The first-order valence-corrected chi connectivity index (χ1v) is 4.88. The van der Waals surface area contributed by atoms with Crippen molar-refractivity contribution in [2.45, 2.75) is 0 Å². The lowest BCUT2D eigenvalue weighted by atomic mass is 10.2. The second-order valence-corrected chi connectivity index (χ2v) is 3.80. The summed E-state index contributed by atoms with van der Waals surface area (Å²) < 4.78 is 2.79. The maximum Gasteiger partial charge on any atom is 0.178 e. The van der Waals surface area contributed by atoms with Crippen molar-refractivity contribution >= 4 is 27.1 Å². The first kappa shape index (κ1) is 7.47. The topological polar surface area (TPSA) is 54.0 Å². The number of rotatable bonds is 0. The lowest BCUT2D eigenvalue weighted by Gasteiger charge is -1.95. The summed E-state index contributed by atoms with van der Waals surface area (Å²) in [6.45, 7) is 0. The Balaban J connectivity index is 2.67. The molecule has 0 amide bonds. The first-order chi connectivity index (χ1) is 6.90. The predicted molar refractivity (Wildman–Crippen MR) is 53.1 cm³/mol. The van der Waals surface area contributed by atoms with Gasteiger partial charge in [0.25, 0.3) is 0 Å². The third kappa shape index (κ3) is 0.805. The number of nitrogens with zero attached hydrogens (tertiary/aromatic N) is 4. The van der Waals surface area contributed by atoms with Crippen molar-refractivity contribution in [3.63, 3.8) is 0 Å². The maximum atomic E-state index is 8.95. The molecule has 0 atom stereocenters. The van der Waals surface area contributed by atoms with Gasteiger partial charge in [0, 0.05) is 11.6 Å². The molecule has 0 saturated heterocycles. The van der Waals surface area contributed by atoms with Gasteiger partial charge in [-0.3, -0.25) is 4.40 Å². The lowest BCUT2D eigenvalue weighted by Crippen LogP contribution is -1.86. The van der Waals surface area contributed by atoms with Gasteiger partial charge in [0.2, 0.25) is 0 Å². The van der Waals surface area contributed by atoms with Gasteiger partial charge < -0.3 is 0 Å². The molecule has 0 aliphatic carbocycles. The van der Waals surface area contributed by atoms with Crippen LogP contribution >= 0.6 is 11.3 Å². The molecule has 0 bridgehead atoms. The Morgan fingerprint density at radius 3 is 3.29 bits per heavy atom. The Hall–Kier alpha value is -1.93. The summed E-state index contributed by atoms with van der Waals surface area (Å²) in [6.07, 6.45) is 3.36. The van der Waals surface area contributed by atoms with Gasteiger partial charge in [-0.05, 0) is 11.4 Å². The lowest BCUT2D eigenvalue weighted by molar-refractivity contribution is 1.10. The monoisotopic (exact) mass is 200 g/mol.